The summed E-state index contributed by atoms with van der Waals surface area (Å²) in [5, 5.41) is 27.4. The van der Waals surface area contributed by atoms with E-state index in [1.807, 2.05) is 26.8 Å². The molecular weight excluding hydrogens is 568 g/mol. The van der Waals surface area contributed by atoms with Gasteiger partial charge in [-0.3, -0.25) is 4.79 Å². The number of carbonyl (C=O) groups is 1. The fourth-order valence-electron chi connectivity index (χ4n) is 5.03. The van der Waals surface area contributed by atoms with E-state index in [1.54, 1.807) is 55.2 Å². The van der Waals surface area contributed by atoms with E-state index in [0.29, 0.717) is 39.5 Å². The van der Waals surface area contributed by atoms with Crippen LogP contribution in [0, 0.1) is 29.6 Å². The van der Waals surface area contributed by atoms with E-state index >= 15 is 0 Å². The van der Waals surface area contributed by atoms with Gasteiger partial charge in [0.1, 0.15) is 16.5 Å². The first-order valence-electron chi connectivity index (χ1n) is 13.6. The number of hydrogen-bond donors (Lipinski definition) is 1. The summed E-state index contributed by atoms with van der Waals surface area (Å²) >= 11 is 6.28. The normalized spacial score (nSPS) is 11.5. The lowest BCUT2D eigenvalue weighted by atomic mass is 9.89. The molecule has 0 spiro atoms. The van der Waals surface area contributed by atoms with E-state index in [9.17, 15) is 20.1 Å². The summed E-state index contributed by atoms with van der Waals surface area (Å²) in [7, 11) is 3.11. The summed E-state index contributed by atoms with van der Waals surface area (Å²) in [5.41, 5.74) is 4.29. The van der Waals surface area contributed by atoms with Crippen molar-refractivity contribution in [3.8, 4) is 23.6 Å². The number of nitrogens with zero attached hydrogens (tertiary/aromatic N) is 5. The van der Waals surface area contributed by atoms with Crippen LogP contribution in [0.25, 0.3) is 5.69 Å². The van der Waals surface area contributed by atoms with Crippen LogP contribution in [0.3, 0.4) is 0 Å². The Labute approximate surface area is 254 Å². The van der Waals surface area contributed by atoms with Gasteiger partial charge in [-0.05, 0) is 67.3 Å². The third-order valence-corrected chi connectivity index (χ3v) is 7.23. The van der Waals surface area contributed by atoms with Gasteiger partial charge >= 0.3 is 5.97 Å². The molecule has 2 aromatic carbocycles. The van der Waals surface area contributed by atoms with E-state index in [1.165, 1.54) is 17.7 Å². The largest absolute Gasteiger partial charge is 0.494 e. The zero-order valence-corrected chi connectivity index (χ0v) is 25.5. The van der Waals surface area contributed by atoms with Gasteiger partial charge < -0.3 is 19.4 Å². The molecule has 0 aliphatic carbocycles. The van der Waals surface area contributed by atoms with Crippen LogP contribution < -0.4 is 15.6 Å². The quantitative estimate of drug-likeness (QED) is 0.239. The fourth-order valence-corrected chi connectivity index (χ4v) is 5.28. The second-order valence-corrected chi connectivity index (χ2v) is 10.6. The van der Waals surface area contributed by atoms with Crippen LogP contribution in [-0.2, 0) is 11.8 Å². The fraction of sp³-hybridized carbons (Fsp3) is 0.281. The van der Waals surface area contributed by atoms with E-state index in [0.717, 1.165) is 11.1 Å². The highest BCUT2D eigenvalue weighted by molar-refractivity contribution is 6.30. The Morgan fingerprint density at radius 3 is 2.37 bits per heavy atom. The van der Waals surface area contributed by atoms with Crippen molar-refractivity contribution in [2.24, 2.45) is 7.05 Å². The Balaban J connectivity index is 2.12. The predicted octanol–water partition coefficient (Wildman–Crippen LogP) is 5.79. The molecule has 43 heavy (non-hydrogen) atoms. The molecule has 1 atom stereocenters. The summed E-state index contributed by atoms with van der Waals surface area (Å²) in [6.45, 7) is 7.66. The number of methoxy groups -OCH3 is 1. The molecule has 0 radical (unpaired) electrons. The van der Waals surface area contributed by atoms with Gasteiger partial charge in [0.2, 0.25) is 0 Å². The summed E-state index contributed by atoms with van der Waals surface area (Å²) in [4.78, 5) is 25.9. The smallest absolute Gasteiger partial charge is 0.359 e. The van der Waals surface area contributed by atoms with Crippen molar-refractivity contribution in [1.82, 2.24) is 14.3 Å². The molecule has 2 heterocycles. The van der Waals surface area contributed by atoms with Crippen molar-refractivity contribution in [1.29, 1.82) is 10.5 Å². The van der Waals surface area contributed by atoms with Gasteiger partial charge in [0.05, 0.1) is 54.4 Å². The van der Waals surface area contributed by atoms with E-state index < -0.39 is 12.0 Å². The molecule has 0 aliphatic heterocycles. The lowest BCUT2D eigenvalue weighted by Gasteiger charge is -2.25. The molecule has 4 aromatic rings. The van der Waals surface area contributed by atoms with Gasteiger partial charge in [0.15, 0.2) is 5.69 Å². The van der Waals surface area contributed by atoms with E-state index in [4.69, 9.17) is 26.2 Å². The first-order chi connectivity index (χ1) is 20.5. The van der Waals surface area contributed by atoms with Crippen molar-refractivity contribution in [3.63, 3.8) is 0 Å². The number of halogens is 1. The maximum Gasteiger partial charge on any atom is 0.359 e. The standard InChI is InChI=1S/C32H31ClN6O4/c1-7-43-32(41)29-27(30(18(2)3)39(37-29)25-13-21(16-35)9-11-26(25)42-6)28(23-10-8-20(15-34)12-19(23)4)36-22-14-24(33)31(40)38(5)17-22/h8-14,17-18,28,36H,7H2,1-6H3. The second-order valence-electron chi connectivity index (χ2n) is 10.2. The Morgan fingerprint density at radius 1 is 1.12 bits per heavy atom. The Hall–Kier alpha value is -5.06. The molecule has 220 valence electrons. The number of pyridine rings is 1. The maximum absolute atomic E-state index is 13.6. The summed E-state index contributed by atoms with van der Waals surface area (Å²) < 4.78 is 14.1. The Morgan fingerprint density at radius 2 is 1.79 bits per heavy atom. The van der Waals surface area contributed by atoms with E-state index in [-0.39, 0.29) is 28.8 Å². The lowest BCUT2D eigenvalue weighted by molar-refractivity contribution is 0.0517. The second kappa shape index (κ2) is 12.8. The van der Waals surface area contributed by atoms with E-state index in [2.05, 4.69) is 17.5 Å². The van der Waals surface area contributed by atoms with Gasteiger partial charge in [-0.2, -0.15) is 15.6 Å². The van der Waals surface area contributed by atoms with Crippen molar-refractivity contribution in [2.75, 3.05) is 19.0 Å². The number of rotatable bonds is 9. The number of hydrogen-bond acceptors (Lipinski definition) is 8. The van der Waals surface area contributed by atoms with Crippen molar-refractivity contribution in [2.45, 2.75) is 39.7 Å². The topological polar surface area (TPSA) is 135 Å². The third kappa shape index (κ3) is 6.11. The molecule has 10 nitrogen and oxygen atoms in total. The molecule has 0 amide bonds. The zero-order chi connectivity index (χ0) is 31.4. The molecule has 0 fully saturated rings. The minimum atomic E-state index is -0.711. The summed E-state index contributed by atoms with van der Waals surface area (Å²) in [5.74, 6) is -0.368. The number of carbonyl (C=O) groups excluding carboxylic acids is 1. The molecule has 2 aromatic heterocycles. The molecule has 0 aliphatic rings. The van der Waals surface area contributed by atoms with Crippen LogP contribution in [-0.4, -0.2) is 34.0 Å². The number of benzene rings is 2. The number of ether oxygens (including phenoxy) is 2. The first-order valence-corrected chi connectivity index (χ1v) is 13.9. The first kappa shape index (κ1) is 30.9. The number of esters is 1. The zero-order valence-electron chi connectivity index (χ0n) is 24.7. The van der Waals surface area contributed by atoms with Gasteiger partial charge in [-0.1, -0.05) is 31.5 Å². The highest BCUT2D eigenvalue weighted by atomic mass is 35.5. The monoisotopic (exact) mass is 598 g/mol. The molecule has 0 saturated heterocycles. The van der Waals surface area contributed by atoms with Crippen molar-refractivity contribution in [3.05, 3.63) is 103 Å². The van der Waals surface area contributed by atoms with Crippen LogP contribution >= 0.6 is 11.6 Å². The van der Waals surface area contributed by atoms with Gasteiger partial charge in [0, 0.05) is 18.8 Å². The highest BCUT2D eigenvalue weighted by Gasteiger charge is 2.34. The predicted molar refractivity (Wildman–Crippen MR) is 163 cm³/mol. The number of aryl methyl sites for hydroxylation is 2. The number of anilines is 1. The van der Waals surface area contributed by atoms with Crippen molar-refractivity contribution < 1.29 is 14.3 Å². The summed E-state index contributed by atoms with van der Waals surface area (Å²) in [6.07, 6.45) is 1.61. The van der Waals surface area contributed by atoms with Gasteiger partial charge in [-0.25, -0.2) is 9.48 Å². The highest BCUT2D eigenvalue weighted by Crippen LogP contribution is 2.39. The molecule has 1 N–H and O–H groups in total. The average molecular weight is 599 g/mol. The number of aromatic nitrogens is 3. The molecule has 0 bridgehead atoms. The van der Waals surface area contributed by atoms with Crippen LogP contribution in [0.4, 0.5) is 5.69 Å². The average Bonchev–Trinajstić information content (AvgIpc) is 3.39. The number of nitriles is 2. The van der Waals surface area contributed by atoms with Crippen LogP contribution in [0.5, 0.6) is 5.75 Å². The molecule has 4 rings (SSSR count). The third-order valence-electron chi connectivity index (χ3n) is 6.96. The summed E-state index contributed by atoms with van der Waals surface area (Å²) in [6, 6.07) is 15.4. The van der Waals surface area contributed by atoms with Crippen LogP contribution in [0.1, 0.15) is 76.7 Å². The minimum Gasteiger partial charge on any atom is -0.494 e. The molecular formula is C32H31ClN6O4. The van der Waals surface area contributed by atoms with Gasteiger partial charge in [-0.15, -0.1) is 0 Å². The SMILES string of the molecule is CCOC(=O)c1nn(-c2cc(C#N)ccc2OC)c(C(C)C)c1C(Nc1cc(Cl)c(=O)n(C)c1)c1ccc(C#N)cc1C. The van der Waals surface area contributed by atoms with Gasteiger partial charge in [0.25, 0.3) is 5.56 Å². The van der Waals surface area contributed by atoms with Crippen LogP contribution in [0.15, 0.2) is 53.5 Å². The lowest BCUT2D eigenvalue weighted by Crippen LogP contribution is -2.22. The number of nitrogens with one attached hydrogen (secondary N) is 1. The minimum absolute atomic E-state index is 0.0197. The Bertz CT molecular complexity index is 1820. The van der Waals surface area contributed by atoms with Crippen molar-refractivity contribution >= 4 is 23.3 Å². The Kier molecular flexibility index (Phi) is 9.23. The molecule has 1 unspecified atom stereocenters. The van der Waals surface area contributed by atoms with Crippen LogP contribution in [0.2, 0.25) is 5.02 Å². The molecule has 0 saturated carbocycles. The maximum atomic E-state index is 13.6. The molecule has 11 heteroatoms.